The fraction of sp³-hybridized carbons (Fsp3) is 0.481. The van der Waals surface area contributed by atoms with Gasteiger partial charge in [-0.3, -0.25) is 10.1 Å². The number of nitrogens with zero attached hydrogens (tertiary/aromatic N) is 1. The van der Waals surface area contributed by atoms with Crippen LogP contribution >= 0.6 is 15.9 Å². The minimum Gasteiger partial charge on any atom is -0.445 e. The Hall–Kier alpha value is -3.14. The molecule has 2 saturated carbocycles. The Labute approximate surface area is 225 Å². The van der Waals surface area contributed by atoms with Gasteiger partial charge in [0.05, 0.1) is 5.69 Å². The van der Waals surface area contributed by atoms with Crippen LogP contribution in [0.3, 0.4) is 0 Å². The maximum atomic E-state index is 13.6. The quantitative estimate of drug-likeness (QED) is 0.324. The molecule has 2 aromatic rings. The van der Waals surface area contributed by atoms with Crippen LogP contribution in [0.15, 0.2) is 47.1 Å². The maximum Gasteiger partial charge on any atom is 0.412 e. The minimum absolute atomic E-state index is 0.0127. The number of amides is 3. The summed E-state index contributed by atoms with van der Waals surface area (Å²) in [4.78, 5) is 43.1. The molecule has 2 aliphatic rings. The van der Waals surface area contributed by atoms with Gasteiger partial charge in [0.1, 0.15) is 22.9 Å². The van der Waals surface area contributed by atoms with E-state index in [1.165, 1.54) is 0 Å². The summed E-state index contributed by atoms with van der Waals surface area (Å²) in [7, 11) is 0. The van der Waals surface area contributed by atoms with Gasteiger partial charge in [-0.05, 0) is 97.8 Å². The first-order valence-electron chi connectivity index (χ1n) is 12.5. The van der Waals surface area contributed by atoms with Crippen LogP contribution in [-0.4, -0.2) is 34.7 Å². The number of pyridine rings is 1. The summed E-state index contributed by atoms with van der Waals surface area (Å²) in [6, 6.07) is 11.8. The Bertz CT molecular complexity index is 1120. The molecule has 1 unspecified atom stereocenters. The van der Waals surface area contributed by atoms with Crippen molar-refractivity contribution in [2.75, 3.05) is 10.6 Å². The summed E-state index contributed by atoms with van der Waals surface area (Å²) in [5.41, 5.74) is 0.453. The second-order valence-corrected chi connectivity index (χ2v) is 11.4. The van der Waals surface area contributed by atoms with Gasteiger partial charge in [0.15, 0.2) is 5.82 Å². The number of alkyl carbamates (subject to hydrolysis) is 1. The summed E-state index contributed by atoms with van der Waals surface area (Å²) < 4.78 is 11.2. The van der Waals surface area contributed by atoms with Crippen LogP contribution in [0.4, 0.5) is 21.1 Å². The molecule has 3 amide bonds. The first-order valence-corrected chi connectivity index (χ1v) is 13.3. The summed E-state index contributed by atoms with van der Waals surface area (Å²) in [5.74, 6) is 0.525. The van der Waals surface area contributed by atoms with Gasteiger partial charge < -0.3 is 20.1 Å². The highest BCUT2D eigenvalue weighted by molar-refractivity contribution is 9.10. The van der Waals surface area contributed by atoms with Crippen LogP contribution in [0, 0.1) is 17.8 Å². The van der Waals surface area contributed by atoms with E-state index in [9.17, 15) is 14.4 Å². The highest BCUT2D eigenvalue weighted by atomic mass is 79.9. The molecule has 37 heavy (non-hydrogen) atoms. The SMILES string of the molecule is CC(C)(C)OC(=O)Nc1ccc(Br)nc1NC(=O)C(NC(=O)OCc1ccccc1)C(C1CC1)C1CC1. The molecular weight excluding hydrogens is 540 g/mol. The maximum absolute atomic E-state index is 13.6. The number of ether oxygens (including phenoxy) is 2. The van der Waals surface area contributed by atoms with Crippen LogP contribution in [-0.2, 0) is 20.9 Å². The third-order valence-electron chi connectivity index (χ3n) is 6.22. The molecule has 0 aliphatic heterocycles. The van der Waals surface area contributed by atoms with E-state index in [0.29, 0.717) is 16.4 Å². The van der Waals surface area contributed by atoms with Gasteiger partial charge in [0, 0.05) is 0 Å². The second kappa shape index (κ2) is 11.5. The second-order valence-electron chi connectivity index (χ2n) is 10.6. The zero-order chi connectivity index (χ0) is 26.6. The highest BCUT2D eigenvalue weighted by Gasteiger charge is 2.48. The lowest BCUT2D eigenvalue weighted by Crippen LogP contribution is -2.50. The Morgan fingerprint density at radius 3 is 2.22 bits per heavy atom. The van der Waals surface area contributed by atoms with Gasteiger partial charge >= 0.3 is 12.2 Å². The number of rotatable bonds is 9. The first-order chi connectivity index (χ1) is 17.6. The van der Waals surface area contributed by atoms with E-state index >= 15 is 0 Å². The van der Waals surface area contributed by atoms with Crippen LogP contribution in [0.25, 0.3) is 0 Å². The van der Waals surface area contributed by atoms with E-state index in [1.54, 1.807) is 32.9 Å². The molecule has 0 radical (unpaired) electrons. The van der Waals surface area contributed by atoms with Crippen molar-refractivity contribution in [3.05, 3.63) is 52.6 Å². The molecule has 9 nitrogen and oxygen atoms in total. The van der Waals surface area contributed by atoms with Gasteiger partial charge in [0.25, 0.3) is 0 Å². The van der Waals surface area contributed by atoms with E-state index in [0.717, 1.165) is 31.2 Å². The molecule has 0 spiro atoms. The number of carbonyl (C=O) groups excluding carboxylic acids is 3. The molecule has 0 saturated heterocycles. The Morgan fingerprint density at radius 1 is 0.973 bits per heavy atom. The normalized spacial score (nSPS) is 16.0. The monoisotopic (exact) mass is 572 g/mol. The number of hydrogen-bond acceptors (Lipinski definition) is 6. The molecule has 4 rings (SSSR count). The fourth-order valence-electron chi connectivity index (χ4n) is 4.36. The highest BCUT2D eigenvalue weighted by Crippen LogP contribution is 2.51. The van der Waals surface area contributed by atoms with Crippen molar-refractivity contribution >= 4 is 45.5 Å². The van der Waals surface area contributed by atoms with Gasteiger partial charge in [-0.15, -0.1) is 0 Å². The average molecular weight is 573 g/mol. The lowest BCUT2D eigenvalue weighted by Gasteiger charge is -2.27. The molecule has 198 valence electrons. The van der Waals surface area contributed by atoms with E-state index in [1.807, 2.05) is 30.3 Å². The van der Waals surface area contributed by atoms with Gasteiger partial charge in [-0.1, -0.05) is 30.3 Å². The van der Waals surface area contributed by atoms with Crippen LogP contribution in [0.5, 0.6) is 0 Å². The van der Waals surface area contributed by atoms with Crippen molar-refractivity contribution in [2.24, 2.45) is 17.8 Å². The lowest BCUT2D eigenvalue weighted by atomic mass is 9.89. The third kappa shape index (κ3) is 8.18. The number of hydrogen-bond donors (Lipinski definition) is 3. The van der Waals surface area contributed by atoms with Crippen molar-refractivity contribution in [3.8, 4) is 0 Å². The summed E-state index contributed by atoms with van der Waals surface area (Å²) in [5, 5.41) is 8.30. The van der Waals surface area contributed by atoms with Crippen LogP contribution in [0.2, 0.25) is 0 Å². The van der Waals surface area contributed by atoms with Crippen molar-refractivity contribution < 1.29 is 23.9 Å². The average Bonchev–Trinajstić information content (AvgIpc) is 3.74. The van der Waals surface area contributed by atoms with Crippen molar-refractivity contribution in [1.29, 1.82) is 0 Å². The number of carbonyl (C=O) groups is 3. The predicted molar refractivity (Wildman–Crippen MR) is 143 cm³/mol. The standard InChI is InChI=1S/C27H33BrN4O5/c1-27(2,3)37-26(35)29-19-13-14-20(28)30-23(19)32-24(33)22(21(17-9-10-17)18-11-12-18)31-25(34)36-15-16-7-5-4-6-8-16/h4-8,13-14,17-18,21-22H,9-12,15H2,1-3H3,(H,29,35)(H,31,34)(H,30,32,33). The first kappa shape index (κ1) is 26.9. The number of benzene rings is 1. The van der Waals surface area contributed by atoms with Crippen molar-refractivity contribution in [2.45, 2.75) is 64.7 Å². The fourth-order valence-corrected chi connectivity index (χ4v) is 4.67. The Kier molecular flexibility index (Phi) is 8.36. The third-order valence-corrected chi connectivity index (χ3v) is 6.67. The molecule has 1 atom stereocenters. The van der Waals surface area contributed by atoms with E-state index in [4.69, 9.17) is 9.47 Å². The van der Waals surface area contributed by atoms with Crippen molar-refractivity contribution in [1.82, 2.24) is 10.3 Å². The number of aromatic nitrogens is 1. The van der Waals surface area contributed by atoms with E-state index in [-0.39, 0.29) is 24.0 Å². The van der Waals surface area contributed by atoms with Gasteiger partial charge in [0.2, 0.25) is 5.91 Å². The number of nitrogens with one attached hydrogen (secondary N) is 3. The van der Waals surface area contributed by atoms with Crippen LogP contribution in [0.1, 0.15) is 52.0 Å². The molecule has 0 bridgehead atoms. The molecule has 1 aromatic carbocycles. The molecule has 1 heterocycles. The lowest BCUT2D eigenvalue weighted by molar-refractivity contribution is -0.119. The zero-order valence-electron chi connectivity index (χ0n) is 21.3. The van der Waals surface area contributed by atoms with Crippen LogP contribution < -0.4 is 16.0 Å². The largest absolute Gasteiger partial charge is 0.445 e. The molecule has 2 aliphatic carbocycles. The molecular formula is C27H33BrN4O5. The predicted octanol–water partition coefficient (Wildman–Crippen LogP) is 5.86. The molecule has 2 fully saturated rings. The molecule has 1 aromatic heterocycles. The summed E-state index contributed by atoms with van der Waals surface area (Å²) in [6.07, 6.45) is 2.82. The topological polar surface area (TPSA) is 119 Å². The number of anilines is 2. The van der Waals surface area contributed by atoms with Gasteiger partial charge in [-0.25, -0.2) is 14.6 Å². The summed E-state index contributed by atoms with van der Waals surface area (Å²) in [6.45, 7) is 5.39. The van der Waals surface area contributed by atoms with Gasteiger partial charge in [-0.2, -0.15) is 0 Å². The number of halogens is 1. The zero-order valence-corrected chi connectivity index (χ0v) is 22.8. The minimum atomic E-state index is -0.793. The Balaban J connectivity index is 1.49. The molecule has 3 N–H and O–H groups in total. The van der Waals surface area contributed by atoms with Crippen molar-refractivity contribution in [3.63, 3.8) is 0 Å². The smallest absolute Gasteiger partial charge is 0.412 e. The van der Waals surface area contributed by atoms with E-state index < -0.39 is 29.7 Å². The Morgan fingerprint density at radius 2 is 1.62 bits per heavy atom. The van der Waals surface area contributed by atoms with E-state index in [2.05, 4.69) is 36.9 Å². The summed E-state index contributed by atoms with van der Waals surface area (Å²) >= 11 is 3.32. The molecule has 10 heteroatoms.